The maximum atomic E-state index is 13.6. The highest BCUT2D eigenvalue weighted by Crippen LogP contribution is 2.47. The van der Waals surface area contributed by atoms with Crippen LogP contribution in [0.5, 0.6) is 0 Å². The minimum Gasteiger partial charge on any atom is -0.396 e. The van der Waals surface area contributed by atoms with Gasteiger partial charge in [0.05, 0.1) is 17.2 Å². The largest absolute Gasteiger partial charge is 0.396 e. The van der Waals surface area contributed by atoms with Crippen molar-refractivity contribution in [3.63, 3.8) is 0 Å². The molecular formula is C28H27N3O6. The number of carbonyl (C=O) groups excluding carboxylic acids is 2. The predicted molar refractivity (Wildman–Crippen MR) is 139 cm³/mol. The summed E-state index contributed by atoms with van der Waals surface area (Å²) in [6.45, 7) is 1.65. The molecule has 3 aromatic carbocycles. The molecular weight excluding hydrogens is 474 g/mol. The van der Waals surface area contributed by atoms with Crippen LogP contribution >= 0.6 is 0 Å². The summed E-state index contributed by atoms with van der Waals surface area (Å²) in [6.07, 6.45) is 3.63. The standard InChI is InChI=1S/C28H27N3O6/c1-19(8-5-6-15-32)28(35)24-17-23(31(36)37)13-14-25(24)30(27(28)34)18-20-9-7-12-22(16-20)29-26(33)21-10-3-2-4-11-21/h2-5,7-14,16-17,19,32,35H,6,15,18H2,1H3,(H,29,33)/b8-5+/t19-,28+/m0/s1. The van der Waals surface area contributed by atoms with Crippen molar-refractivity contribution >= 4 is 28.9 Å². The molecule has 0 spiro atoms. The molecule has 3 aromatic rings. The number of carbonyl (C=O) groups is 2. The third kappa shape index (κ3) is 5.13. The molecule has 0 radical (unpaired) electrons. The fourth-order valence-corrected chi connectivity index (χ4v) is 4.44. The van der Waals surface area contributed by atoms with E-state index in [1.54, 1.807) is 67.6 Å². The molecule has 2 atom stereocenters. The molecule has 0 saturated heterocycles. The molecule has 4 rings (SSSR count). The fourth-order valence-electron chi connectivity index (χ4n) is 4.44. The second-order valence-corrected chi connectivity index (χ2v) is 8.87. The van der Waals surface area contributed by atoms with E-state index in [9.17, 15) is 24.8 Å². The highest BCUT2D eigenvalue weighted by Gasteiger charge is 2.53. The smallest absolute Gasteiger partial charge is 0.269 e. The first kappa shape index (κ1) is 25.7. The van der Waals surface area contributed by atoms with Gasteiger partial charge in [-0.05, 0) is 42.3 Å². The Kier molecular flexibility index (Phi) is 7.47. The summed E-state index contributed by atoms with van der Waals surface area (Å²) in [5.74, 6) is -1.60. The van der Waals surface area contributed by atoms with Crippen LogP contribution in [0.15, 0.2) is 84.9 Å². The molecule has 1 aliphatic rings. The quantitative estimate of drug-likeness (QED) is 0.229. The zero-order chi connectivity index (χ0) is 26.6. The lowest BCUT2D eigenvalue weighted by Gasteiger charge is -2.27. The van der Waals surface area contributed by atoms with Gasteiger partial charge in [0.25, 0.3) is 17.5 Å². The number of nitro benzene ring substituents is 1. The third-order valence-electron chi connectivity index (χ3n) is 6.40. The molecule has 0 saturated carbocycles. The van der Waals surface area contributed by atoms with E-state index in [0.29, 0.717) is 28.9 Å². The van der Waals surface area contributed by atoms with Crippen molar-refractivity contribution in [2.45, 2.75) is 25.5 Å². The number of nitrogens with zero attached hydrogens (tertiary/aromatic N) is 2. The number of aliphatic hydroxyl groups is 2. The first-order valence-corrected chi connectivity index (χ1v) is 11.8. The number of rotatable bonds is 9. The molecule has 0 fully saturated rings. The van der Waals surface area contributed by atoms with E-state index in [4.69, 9.17) is 5.11 Å². The average Bonchev–Trinajstić information content (AvgIpc) is 3.11. The maximum absolute atomic E-state index is 13.6. The van der Waals surface area contributed by atoms with Crippen molar-refractivity contribution in [2.24, 2.45) is 5.92 Å². The lowest BCUT2D eigenvalue weighted by molar-refractivity contribution is -0.385. The summed E-state index contributed by atoms with van der Waals surface area (Å²) < 4.78 is 0. The second-order valence-electron chi connectivity index (χ2n) is 8.87. The molecule has 9 nitrogen and oxygen atoms in total. The number of hydrogen-bond donors (Lipinski definition) is 3. The first-order valence-electron chi connectivity index (χ1n) is 11.8. The number of benzene rings is 3. The van der Waals surface area contributed by atoms with Gasteiger partial charge in [-0.25, -0.2) is 0 Å². The van der Waals surface area contributed by atoms with Gasteiger partial charge in [-0.1, -0.05) is 49.4 Å². The van der Waals surface area contributed by atoms with Gasteiger partial charge in [-0.2, -0.15) is 0 Å². The average molecular weight is 502 g/mol. The van der Waals surface area contributed by atoms with E-state index in [0.717, 1.165) is 0 Å². The molecule has 9 heteroatoms. The van der Waals surface area contributed by atoms with Crippen LogP contribution in [0.1, 0.15) is 34.8 Å². The zero-order valence-corrected chi connectivity index (χ0v) is 20.2. The lowest BCUT2D eigenvalue weighted by Crippen LogP contribution is -2.44. The Hall–Kier alpha value is -4.34. The van der Waals surface area contributed by atoms with Gasteiger partial charge >= 0.3 is 0 Å². The molecule has 1 aliphatic heterocycles. The van der Waals surface area contributed by atoms with Crippen molar-refractivity contribution in [1.82, 2.24) is 0 Å². The van der Waals surface area contributed by atoms with E-state index in [2.05, 4.69) is 5.32 Å². The van der Waals surface area contributed by atoms with Gasteiger partial charge in [-0.15, -0.1) is 0 Å². The van der Waals surface area contributed by atoms with Crippen LogP contribution in [-0.4, -0.2) is 33.6 Å². The first-order chi connectivity index (χ1) is 17.8. The molecule has 0 bridgehead atoms. The Morgan fingerprint density at radius 1 is 1.14 bits per heavy atom. The number of aliphatic hydroxyl groups excluding tert-OH is 1. The third-order valence-corrected chi connectivity index (χ3v) is 6.40. The molecule has 3 N–H and O–H groups in total. The molecule has 190 valence electrons. The van der Waals surface area contributed by atoms with E-state index < -0.39 is 22.3 Å². The number of amides is 2. The van der Waals surface area contributed by atoms with Crippen molar-refractivity contribution < 1.29 is 24.7 Å². The summed E-state index contributed by atoms with van der Waals surface area (Å²) in [6, 6.07) is 19.8. The number of anilines is 2. The van der Waals surface area contributed by atoms with E-state index >= 15 is 0 Å². The van der Waals surface area contributed by atoms with Crippen LogP contribution in [-0.2, 0) is 16.9 Å². The van der Waals surface area contributed by atoms with Gasteiger partial charge in [0, 0.05) is 41.5 Å². The Balaban J connectivity index is 1.65. The Morgan fingerprint density at radius 3 is 2.59 bits per heavy atom. The van der Waals surface area contributed by atoms with Gasteiger partial charge in [0.15, 0.2) is 5.60 Å². The predicted octanol–water partition coefficient (Wildman–Crippen LogP) is 4.16. The number of nitro groups is 1. The summed E-state index contributed by atoms with van der Waals surface area (Å²) in [7, 11) is 0. The molecule has 0 unspecified atom stereocenters. The van der Waals surface area contributed by atoms with Crippen molar-refractivity contribution in [1.29, 1.82) is 0 Å². The normalized spacial score (nSPS) is 17.6. The monoisotopic (exact) mass is 501 g/mol. The van der Waals surface area contributed by atoms with Gasteiger partial charge in [0.2, 0.25) is 0 Å². The number of hydrogen-bond acceptors (Lipinski definition) is 6. The van der Waals surface area contributed by atoms with Crippen LogP contribution in [0, 0.1) is 16.0 Å². The van der Waals surface area contributed by atoms with E-state index in [1.807, 2.05) is 6.07 Å². The Labute approximate surface area is 213 Å². The van der Waals surface area contributed by atoms with Crippen molar-refractivity contribution in [3.8, 4) is 0 Å². The summed E-state index contributed by atoms with van der Waals surface area (Å²) in [4.78, 5) is 38.4. The van der Waals surface area contributed by atoms with Crippen LogP contribution < -0.4 is 10.2 Å². The van der Waals surface area contributed by atoms with Gasteiger partial charge < -0.3 is 20.4 Å². The summed E-state index contributed by atoms with van der Waals surface area (Å²) in [5, 5.41) is 35.0. The second kappa shape index (κ2) is 10.7. The molecule has 0 aliphatic carbocycles. The Bertz CT molecular complexity index is 1360. The molecule has 2 amide bonds. The molecule has 1 heterocycles. The van der Waals surface area contributed by atoms with Crippen LogP contribution in [0.25, 0.3) is 0 Å². The number of non-ortho nitro benzene ring substituents is 1. The minimum atomic E-state index is -2.02. The van der Waals surface area contributed by atoms with Crippen molar-refractivity contribution in [2.75, 3.05) is 16.8 Å². The van der Waals surface area contributed by atoms with Crippen LogP contribution in [0.2, 0.25) is 0 Å². The van der Waals surface area contributed by atoms with E-state index in [-0.39, 0.29) is 30.3 Å². The lowest BCUT2D eigenvalue weighted by atomic mass is 9.82. The van der Waals surface area contributed by atoms with Crippen molar-refractivity contribution in [3.05, 3.63) is 112 Å². The minimum absolute atomic E-state index is 0.0775. The number of fused-ring (bicyclic) bond motifs is 1. The summed E-state index contributed by atoms with van der Waals surface area (Å²) in [5.41, 5.74) is 0.0108. The number of nitrogens with one attached hydrogen (secondary N) is 1. The maximum Gasteiger partial charge on any atom is 0.269 e. The van der Waals surface area contributed by atoms with Gasteiger partial charge in [0.1, 0.15) is 0 Å². The van der Waals surface area contributed by atoms with Gasteiger partial charge in [-0.3, -0.25) is 19.7 Å². The summed E-state index contributed by atoms with van der Waals surface area (Å²) >= 11 is 0. The topological polar surface area (TPSA) is 133 Å². The molecule has 0 aromatic heterocycles. The van der Waals surface area contributed by atoms with E-state index in [1.165, 1.54) is 23.1 Å². The highest BCUT2D eigenvalue weighted by molar-refractivity contribution is 6.07. The SMILES string of the molecule is C[C@@H](/C=C/CCO)[C@]1(O)C(=O)N(Cc2cccc(NC(=O)c3ccccc3)c2)c2ccc([N+](=O)[O-])cc21. The molecule has 37 heavy (non-hydrogen) atoms. The fraction of sp³-hybridized carbons (Fsp3) is 0.214. The van der Waals surface area contributed by atoms with Crippen LogP contribution in [0.4, 0.5) is 17.1 Å². The highest BCUT2D eigenvalue weighted by atomic mass is 16.6. The van der Waals surface area contributed by atoms with Crippen LogP contribution in [0.3, 0.4) is 0 Å². The Morgan fingerprint density at radius 2 is 1.89 bits per heavy atom. The zero-order valence-electron chi connectivity index (χ0n) is 20.2.